The zero-order valence-electron chi connectivity index (χ0n) is 15.5. The molecule has 4 nitrogen and oxygen atoms in total. The van der Waals surface area contributed by atoms with Crippen molar-refractivity contribution in [2.45, 2.75) is 13.5 Å². The van der Waals surface area contributed by atoms with Gasteiger partial charge in [0.2, 0.25) is 0 Å². The molecule has 0 amide bonds. The highest BCUT2D eigenvalue weighted by atomic mass is 16.5. The van der Waals surface area contributed by atoms with Gasteiger partial charge in [0.25, 0.3) is 0 Å². The van der Waals surface area contributed by atoms with Gasteiger partial charge in [-0.2, -0.15) is 5.26 Å². The molecule has 1 aromatic rings. The van der Waals surface area contributed by atoms with Crippen molar-refractivity contribution in [1.29, 1.82) is 5.26 Å². The standard InChI is InChI=1S/C23H24N2O2/c1-2-27-23(26)22-17-25(15-18-10-6-5-7-11-18)16-21(22)20-13-9-4-3-8-12-19(20)14-24/h3-13,21-22H,2,15-17H2,1H3/b4-3?,8-3-,9-4-,12-8?,13-9?,19-12-,20-13+,20-19?. The van der Waals surface area contributed by atoms with Crippen molar-refractivity contribution in [3.63, 3.8) is 0 Å². The summed E-state index contributed by atoms with van der Waals surface area (Å²) < 4.78 is 5.34. The first-order valence-electron chi connectivity index (χ1n) is 9.31. The number of ether oxygens (including phenoxy) is 1. The minimum atomic E-state index is -0.270. The third-order valence-corrected chi connectivity index (χ3v) is 4.94. The van der Waals surface area contributed by atoms with E-state index in [4.69, 9.17) is 4.74 Å². The Labute approximate surface area is 160 Å². The van der Waals surface area contributed by atoms with Gasteiger partial charge in [-0.1, -0.05) is 60.7 Å². The third kappa shape index (κ3) is 4.64. The first-order chi connectivity index (χ1) is 13.2. The van der Waals surface area contributed by atoms with Crippen molar-refractivity contribution in [3.05, 3.63) is 83.5 Å². The number of likely N-dealkylation sites (tertiary alicyclic amines) is 1. The second-order valence-electron chi connectivity index (χ2n) is 6.73. The number of nitrogens with zero attached hydrogens (tertiary/aromatic N) is 2. The molecule has 0 spiro atoms. The van der Waals surface area contributed by atoms with Crippen LogP contribution >= 0.6 is 0 Å². The summed E-state index contributed by atoms with van der Waals surface area (Å²) in [5.74, 6) is -0.513. The fourth-order valence-corrected chi connectivity index (χ4v) is 3.71. The van der Waals surface area contributed by atoms with Gasteiger partial charge in [0, 0.05) is 25.6 Å². The number of allylic oxidation sites excluding steroid dienone is 7. The Morgan fingerprint density at radius 1 is 1.15 bits per heavy atom. The molecule has 1 heterocycles. The molecule has 4 heteroatoms. The second kappa shape index (κ2) is 9.16. The van der Waals surface area contributed by atoms with E-state index in [1.54, 1.807) is 0 Å². The first-order valence-corrected chi connectivity index (χ1v) is 9.31. The van der Waals surface area contributed by atoms with Crippen molar-refractivity contribution in [2.75, 3.05) is 19.7 Å². The fourth-order valence-electron chi connectivity index (χ4n) is 3.71. The van der Waals surface area contributed by atoms with E-state index in [0.29, 0.717) is 18.7 Å². The highest BCUT2D eigenvalue weighted by Gasteiger charge is 2.41. The largest absolute Gasteiger partial charge is 0.466 e. The van der Waals surface area contributed by atoms with Crippen LogP contribution in [0, 0.1) is 23.2 Å². The maximum absolute atomic E-state index is 12.6. The van der Waals surface area contributed by atoms with Gasteiger partial charge in [0.05, 0.1) is 24.2 Å². The quantitative estimate of drug-likeness (QED) is 0.750. The van der Waals surface area contributed by atoms with Crippen molar-refractivity contribution in [3.8, 4) is 6.07 Å². The number of hydrogen-bond acceptors (Lipinski definition) is 4. The van der Waals surface area contributed by atoms with Crippen LogP contribution in [0.5, 0.6) is 0 Å². The average molecular weight is 360 g/mol. The fraction of sp³-hybridized carbons (Fsp3) is 0.304. The Kier molecular flexibility index (Phi) is 6.40. The van der Waals surface area contributed by atoms with Gasteiger partial charge in [0.1, 0.15) is 0 Å². The summed E-state index contributed by atoms with van der Waals surface area (Å²) in [6.07, 6.45) is 11.4. The average Bonchev–Trinajstić information content (AvgIpc) is 3.06. The minimum Gasteiger partial charge on any atom is -0.466 e. The van der Waals surface area contributed by atoms with Gasteiger partial charge in [-0.25, -0.2) is 0 Å². The molecular weight excluding hydrogens is 336 g/mol. The molecular formula is C23H24N2O2. The smallest absolute Gasteiger partial charge is 0.310 e. The van der Waals surface area contributed by atoms with Crippen LogP contribution in [0.1, 0.15) is 12.5 Å². The molecule has 1 aliphatic heterocycles. The zero-order chi connectivity index (χ0) is 19.1. The normalized spacial score (nSPS) is 28.6. The molecule has 27 heavy (non-hydrogen) atoms. The lowest BCUT2D eigenvalue weighted by Gasteiger charge is -2.20. The number of rotatable bonds is 5. The van der Waals surface area contributed by atoms with E-state index in [1.165, 1.54) is 5.56 Å². The Morgan fingerprint density at radius 2 is 1.89 bits per heavy atom. The molecule has 1 aromatic carbocycles. The lowest BCUT2D eigenvalue weighted by Crippen LogP contribution is -2.27. The molecule has 1 fully saturated rings. The summed E-state index contributed by atoms with van der Waals surface area (Å²) >= 11 is 0. The Bertz CT molecular complexity index is 828. The number of carbonyl (C=O) groups is 1. The molecule has 2 unspecified atom stereocenters. The van der Waals surface area contributed by atoms with Gasteiger partial charge in [-0.05, 0) is 24.1 Å². The van der Waals surface area contributed by atoms with Crippen LogP contribution in [0.3, 0.4) is 0 Å². The SMILES string of the molecule is CCOC(=O)C1CN(Cc2ccccc2)CC1C1=C/C=C\C=C/C=C\1C#N. The topological polar surface area (TPSA) is 53.3 Å². The van der Waals surface area contributed by atoms with Crippen molar-refractivity contribution in [1.82, 2.24) is 4.90 Å². The van der Waals surface area contributed by atoms with Crippen molar-refractivity contribution < 1.29 is 9.53 Å². The highest BCUT2D eigenvalue weighted by Crippen LogP contribution is 2.35. The molecule has 0 saturated carbocycles. The van der Waals surface area contributed by atoms with Crippen LogP contribution in [-0.2, 0) is 16.1 Å². The predicted molar refractivity (Wildman–Crippen MR) is 105 cm³/mol. The predicted octanol–water partition coefficient (Wildman–Crippen LogP) is 3.80. The minimum absolute atomic E-state index is 0.0604. The van der Waals surface area contributed by atoms with Gasteiger partial charge >= 0.3 is 5.97 Å². The summed E-state index contributed by atoms with van der Waals surface area (Å²) in [6, 6.07) is 12.5. The van der Waals surface area contributed by atoms with E-state index in [9.17, 15) is 10.1 Å². The lowest BCUT2D eigenvalue weighted by molar-refractivity contribution is -0.148. The van der Waals surface area contributed by atoms with Crippen molar-refractivity contribution in [2.24, 2.45) is 11.8 Å². The monoisotopic (exact) mass is 360 g/mol. The molecule has 2 aliphatic rings. The molecule has 1 saturated heterocycles. The van der Waals surface area contributed by atoms with E-state index in [0.717, 1.165) is 18.7 Å². The Hall–Kier alpha value is -2.90. The lowest BCUT2D eigenvalue weighted by atomic mass is 9.84. The van der Waals surface area contributed by atoms with E-state index < -0.39 is 0 Å². The zero-order valence-corrected chi connectivity index (χ0v) is 15.5. The molecule has 0 aromatic heterocycles. The van der Waals surface area contributed by atoms with Crippen molar-refractivity contribution >= 4 is 5.97 Å². The van der Waals surface area contributed by atoms with Crippen LogP contribution in [0.25, 0.3) is 0 Å². The second-order valence-corrected chi connectivity index (χ2v) is 6.73. The number of carbonyl (C=O) groups excluding carboxylic acids is 1. The molecule has 0 N–H and O–H groups in total. The highest BCUT2D eigenvalue weighted by molar-refractivity contribution is 5.75. The molecule has 3 rings (SSSR count). The summed E-state index contributed by atoms with van der Waals surface area (Å²) in [6.45, 7) is 4.33. The molecule has 1 aliphatic carbocycles. The van der Waals surface area contributed by atoms with Crippen LogP contribution in [0.2, 0.25) is 0 Å². The van der Waals surface area contributed by atoms with Gasteiger partial charge in [0.15, 0.2) is 0 Å². The van der Waals surface area contributed by atoms with Crippen LogP contribution in [-0.4, -0.2) is 30.6 Å². The number of hydrogen-bond donors (Lipinski definition) is 0. The number of nitriles is 1. The van der Waals surface area contributed by atoms with E-state index in [1.807, 2.05) is 61.6 Å². The Balaban J connectivity index is 1.87. The van der Waals surface area contributed by atoms with E-state index in [2.05, 4.69) is 23.1 Å². The summed E-state index contributed by atoms with van der Waals surface area (Å²) in [5, 5.41) is 9.62. The first kappa shape index (κ1) is 18.9. The van der Waals surface area contributed by atoms with Gasteiger partial charge in [-0.15, -0.1) is 0 Å². The molecule has 138 valence electrons. The van der Waals surface area contributed by atoms with Gasteiger partial charge in [-0.3, -0.25) is 9.69 Å². The third-order valence-electron chi connectivity index (χ3n) is 4.94. The summed E-state index contributed by atoms with van der Waals surface area (Å²) in [4.78, 5) is 14.9. The maximum atomic E-state index is 12.6. The van der Waals surface area contributed by atoms with Crippen LogP contribution < -0.4 is 0 Å². The molecule has 2 atom stereocenters. The molecule has 0 radical (unpaired) electrons. The van der Waals surface area contributed by atoms with E-state index >= 15 is 0 Å². The van der Waals surface area contributed by atoms with E-state index in [-0.39, 0.29) is 17.8 Å². The summed E-state index contributed by atoms with van der Waals surface area (Å²) in [5.41, 5.74) is 2.73. The molecule has 0 bridgehead atoms. The van der Waals surface area contributed by atoms with Crippen LogP contribution in [0.4, 0.5) is 0 Å². The number of benzene rings is 1. The van der Waals surface area contributed by atoms with Gasteiger partial charge < -0.3 is 4.74 Å². The summed E-state index contributed by atoms with van der Waals surface area (Å²) in [7, 11) is 0. The van der Waals surface area contributed by atoms with Crippen LogP contribution in [0.15, 0.2) is 77.9 Å². The Morgan fingerprint density at radius 3 is 2.59 bits per heavy atom. The maximum Gasteiger partial charge on any atom is 0.310 e. The number of esters is 1.